The van der Waals surface area contributed by atoms with E-state index in [1.165, 1.54) is 15.9 Å². The molecule has 7 atom stereocenters. The van der Waals surface area contributed by atoms with Crippen molar-refractivity contribution >= 4 is 35.5 Å². The molecule has 5 rings (SSSR count). The third-order valence-electron chi connectivity index (χ3n) is 11.3. The largest absolute Gasteiger partial charge is 0.461 e. The highest BCUT2D eigenvalue weighted by atomic mass is 19.2. The SMILES string of the molecule is C=C1[C@H](C)NC(=O)[C@@H]2CCCCN2C(=O)[C@@H]2CCCN2C(=O)[C@@H](NC(=O)[C@H](Cc2c(F)c(F)c(F)c(F)c2F)NC(=O)/C=C/CCCC)COC(=O)[C@@H]2C[C@@H](C)CN12. The molecule has 13 nitrogen and oxygen atoms in total. The van der Waals surface area contributed by atoms with Crippen molar-refractivity contribution in [2.75, 3.05) is 26.2 Å². The number of esters is 1. The van der Waals surface area contributed by atoms with E-state index in [0.717, 1.165) is 12.5 Å². The fourth-order valence-electron chi connectivity index (χ4n) is 8.06. The lowest BCUT2D eigenvalue weighted by Crippen LogP contribution is -2.61. The standard InChI is InChI=1S/C40H51F5N6O7/c1-5-6-7-8-14-30(52)47-25(18-24-31(41)33(43)35(45)34(44)32(24)42)36(53)48-26-20-58-40(57)29-17-21(2)19-51(29)23(4)22(3)46-37(54)27-12-9-10-15-49(27)39(56)28-13-11-16-50(28)38(26)55/h8,14,21-22,25-29H,4-7,9-13,15-20H2,1-3H3,(H,46,54)(H,47,52)(H,48,53)/b14-8+/t21-,22+,25+,26+,27+,28+,29+/m1/s1. The number of halogens is 5. The van der Waals surface area contributed by atoms with Gasteiger partial charge in [0, 0.05) is 37.3 Å². The van der Waals surface area contributed by atoms with Gasteiger partial charge < -0.3 is 35.4 Å². The summed E-state index contributed by atoms with van der Waals surface area (Å²) in [6.45, 7) is 9.57. The van der Waals surface area contributed by atoms with E-state index in [1.807, 2.05) is 13.8 Å². The molecular formula is C40H51F5N6O7. The minimum atomic E-state index is -2.42. The zero-order valence-electron chi connectivity index (χ0n) is 32.9. The molecule has 0 aliphatic carbocycles. The number of fused-ring (bicyclic) bond motifs is 3. The number of ether oxygens (including phenoxy) is 1. The van der Waals surface area contributed by atoms with E-state index >= 15 is 0 Å². The number of nitrogens with one attached hydrogen (secondary N) is 3. The predicted octanol–water partition coefficient (Wildman–Crippen LogP) is 3.30. The van der Waals surface area contributed by atoms with Crippen LogP contribution >= 0.6 is 0 Å². The number of hydrogen-bond acceptors (Lipinski definition) is 8. The molecule has 0 bridgehead atoms. The molecule has 1 aromatic carbocycles. The number of piperidine rings is 1. The van der Waals surface area contributed by atoms with Gasteiger partial charge in [-0.25, -0.2) is 26.7 Å². The number of carbonyl (C=O) groups is 6. The van der Waals surface area contributed by atoms with Crippen LogP contribution in [-0.4, -0.2) is 113 Å². The molecule has 0 unspecified atom stereocenters. The normalized spacial score (nSPS) is 26.6. The van der Waals surface area contributed by atoms with Gasteiger partial charge in [0.05, 0.1) is 6.04 Å². The highest BCUT2D eigenvalue weighted by molar-refractivity contribution is 5.97. The van der Waals surface area contributed by atoms with Crippen molar-refractivity contribution in [1.82, 2.24) is 30.7 Å². The summed E-state index contributed by atoms with van der Waals surface area (Å²) in [4.78, 5) is 87.5. The summed E-state index contributed by atoms with van der Waals surface area (Å²) < 4.78 is 78.0. The molecule has 4 fully saturated rings. The number of amides is 5. The van der Waals surface area contributed by atoms with Crippen LogP contribution in [0, 0.1) is 35.0 Å². The molecule has 318 valence electrons. The topological polar surface area (TPSA) is 157 Å². The van der Waals surface area contributed by atoms with Crippen molar-refractivity contribution in [2.24, 2.45) is 5.92 Å². The molecule has 1 aromatic rings. The van der Waals surface area contributed by atoms with E-state index in [4.69, 9.17) is 4.74 Å². The van der Waals surface area contributed by atoms with Crippen LogP contribution in [0.3, 0.4) is 0 Å². The second kappa shape index (κ2) is 19.1. The molecule has 3 N–H and O–H groups in total. The average molecular weight is 823 g/mol. The molecular weight excluding hydrogens is 771 g/mol. The third-order valence-corrected chi connectivity index (χ3v) is 11.3. The summed E-state index contributed by atoms with van der Waals surface area (Å²) in [6.07, 6.45) is 5.80. The van der Waals surface area contributed by atoms with Gasteiger partial charge in [-0.1, -0.05) is 39.3 Å². The van der Waals surface area contributed by atoms with Gasteiger partial charge in [0.25, 0.3) is 0 Å². The Morgan fingerprint density at radius 1 is 0.879 bits per heavy atom. The zero-order valence-corrected chi connectivity index (χ0v) is 32.9. The number of rotatable bonds is 9. The molecule has 0 aromatic heterocycles. The Kier molecular flexibility index (Phi) is 14.6. The number of benzene rings is 1. The van der Waals surface area contributed by atoms with Crippen LogP contribution < -0.4 is 16.0 Å². The quantitative estimate of drug-likeness (QED) is 0.0856. The van der Waals surface area contributed by atoms with Crippen LogP contribution in [-0.2, 0) is 39.9 Å². The molecule has 4 aliphatic rings. The van der Waals surface area contributed by atoms with Crippen molar-refractivity contribution in [3.63, 3.8) is 0 Å². The second-order valence-corrected chi connectivity index (χ2v) is 15.5. The van der Waals surface area contributed by atoms with Crippen molar-refractivity contribution < 1.29 is 55.5 Å². The fourth-order valence-corrected chi connectivity index (χ4v) is 8.06. The smallest absolute Gasteiger partial charge is 0.328 e. The van der Waals surface area contributed by atoms with Gasteiger partial charge in [-0.2, -0.15) is 0 Å². The second-order valence-electron chi connectivity index (χ2n) is 15.5. The maximum Gasteiger partial charge on any atom is 0.328 e. The number of cyclic esters (lactones) is 1. The lowest BCUT2D eigenvalue weighted by Gasteiger charge is -2.39. The molecule has 4 heterocycles. The number of hydrogen-bond donors (Lipinski definition) is 3. The van der Waals surface area contributed by atoms with Crippen LogP contribution in [0.15, 0.2) is 24.4 Å². The number of unbranched alkanes of at least 4 members (excludes halogenated alkanes) is 2. The Morgan fingerprint density at radius 3 is 2.21 bits per heavy atom. The maximum atomic E-state index is 14.9. The predicted molar refractivity (Wildman–Crippen MR) is 199 cm³/mol. The van der Waals surface area contributed by atoms with E-state index < -0.39 is 119 Å². The summed E-state index contributed by atoms with van der Waals surface area (Å²) in [5.74, 6) is -16.2. The van der Waals surface area contributed by atoms with Gasteiger partial charge in [0.2, 0.25) is 35.4 Å². The molecule has 0 radical (unpaired) electrons. The first-order chi connectivity index (χ1) is 27.5. The average Bonchev–Trinajstić information content (AvgIpc) is 3.86. The minimum absolute atomic E-state index is 0.0180. The van der Waals surface area contributed by atoms with E-state index in [-0.39, 0.29) is 25.4 Å². The fraction of sp³-hybridized carbons (Fsp3) is 0.600. The number of carbonyl (C=O) groups excluding carboxylic acids is 6. The molecule has 5 amide bonds. The molecule has 18 heteroatoms. The van der Waals surface area contributed by atoms with Crippen molar-refractivity contribution in [3.8, 4) is 0 Å². The van der Waals surface area contributed by atoms with Crippen LogP contribution in [0.1, 0.15) is 84.1 Å². The molecule has 0 spiro atoms. The molecule has 4 aliphatic heterocycles. The first-order valence-electron chi connectivity index (χ1n) is 19.9. The molecule has 0 saturated carbocycles. The highest BCUT2D eigenvalue weighted by Crippen LogP contribution is 2.30. The van der Waals surface area contributed by atoms with E-state index in [1.54, 1.807) is 11.8 Å². The Hall–Kier alpha value is -5.03. The van der Waals surface area contributed by atoms with Crippen molar-refractivity contribution in [3.05, 3.63) is 59.1 Å². The summed E-state index contributed by atoms with van der Waals surface area (Å²) in [7, 11) is 0. The highest BCUT2D eigenvalue weighted by Gasteiger charge is 2.45. The first kappa shape index (κ1) is 44.1. The maximum absolute atomic E-state index is 14.9. The van der Waals surface area contributed by atoms with Gasteiger partial charge in [0.1, 0.15) is 36.8 Å². The Labute approximate surface area is 333 Å². The lowest BCUT2D eigenvalue weighted by molar-refractivity contribution is -0.155. The summed E-state index contributed by atoms with van der Waals surface area (Å²) >= 11 is 0. The van der Waals surface area contributed by atoms with Crippen LogP contribution in [0.25, 0.3) is 0 Å². The van der Waals surface area contributed by atoms with Gasteiger partial charge in [-0.05, 0) is 63.9 Å². The summed E-state index contributed by atoms with van der Waals surface area (Å²) in [5, 5.41) is 7.56. The monoisotopic (exact) mass is 822 g/mol. The lowest BCUT2D eigenvalue weighted by atomic mass is 9.99. The van der Waals surface area contributed by atoms with Crippen molar-refractivity contribution in [2.45, 2.75) is 121 Å². The minimum Gasteiger partial charge on any atom is -0.461 e. The first-order valence-corrected chi connectivity index (χ1v) is 19.9. The Balaban J connectivity index is 1.51. The number of nitrogens with zero attached hydrogens (tertiary/aromatic N) is 3. The van der Waals surface area contributed by atoms with Gasteiger partial charge in [-0.15, -0.1) is 0 Å². The molecule has 58 heavy (non-hydrogen) atoms. The van der Waals surface area contributed by atoms with E-state index in [9.17, 15) is 50.7 Å². The van der Waals surface area contributed by atoms with E-state index in [2.05, 4.69) is 22.5 Å². The summed E-state index contributed by atoms with van der Waals surface area (Å²) in [6, 6.07) is -7.21. The zero-order chi connectivity index (χ0) is 42.4. The van der Waals surface area contributed by atoms with Gasteiger partial charge >= 0.3 is 5.97 Å². The van der Waals surface area contributed by atoms with Crippen molar-refractivity contribution in [1.29, 1.82) is 0 Å². The van der Waals surface area contributed by atoms with Crippen LogP contribution in [0.2, 0.25) is 0 Å². The molecule has 4 saturated heterocycles. The van der Waals surface area contributed by atoms with Gasteiger partial charge in [0.15, 0.2) is 23.3 Å². The summed E-state index contributed by atoms with van der Waals surface area (Å²) in [5.41, 5.74) is -0.975. The van der Waals surface area contributed by atoms with E-state index in [0.29, 0.717) is 57.2 Å². The van der Waals surface area contributed by atoms with Crippen LogP contribution in [0.5, 0.6) is 0 Å². The van der Waals surface area contributed by atoms with Crippen LogP contribution in [0.4, 0.5) is 22.0 Å². The Morgan fingerprint density at radius 2 is 1.52 bits per heavy atom. The number of allylic oxidation sites excluding steroid dienone is 1. The van der Waals surface area contributed by atoms with Gasteiger partial charge in [-0.3, -0.25) is 24.0 Å². The third kappa shape index (κ3) is 9.63. The Bertz CT molecular complexity index is 1800.